The predicted octanol–water partition coefficient (Wildman–Crippen LogP) is 8.73. The second kappa shape index (κ2) is 10.4. The summed E-state index contributed by atoms with van der Waals surface area (Å²) in [6.45, 7) is 0. The van der Waals surface area contributed by atoms with E-state index >= 15 is 0 Å². The van der Waals surface area contributed by atoms with Crippen LogP contribution in [0.5, 0.6) is 11.5 Å². The van der Waals surface area contributed by atoms with E-state index in [0.717, 1.165) is 28.6 Å². The van der Waals surface area contributed by atoms with Crippen molar-refractivity contribution in [3.8, 4) is 11.5 Å². The fourth-order valence-corrected chi connectivity index (χ4v) is 5.64. The number of ether oxygens (including phenoxy) is 1. The Balaban J connectivity index is 1.52. The molecule has 0 atom stereocenters. The van der Waals surface area contributed by atoms with E-state index < -0.39 is 22.4 Å². The lowest BCUT2D eigenvalue weighted by Gasteiger charge is -2.17. The Morgan fingerprint density at radius 1 is 1.00 bits per heavy atom. The molecule has 12 heteroatoms. The summed E-state index contributed by atoms with van der Waals surface area (Å²) >= 11 is 9.96. The number of carbonyl (C=O) groups is 1. The van der Waals surface area contributed by atoms with Crippen LogP contribution in [-0.2, 0) is 11.0 Å². The van der Waals surface area contributed by atoms with Gasteiger partial charge in [-0.05, 0) is 47.9 Å². The highest BCUT2D eigenvalue weighted by molar-refractivity contribution is 9.10. The molecule has 1 saturated heterocycles. The number of fused-ring (bicyclic) bond motifs is 1. The van der Waals surface area contributed by atoms with E-state index in [0.29, 0.717) is 32.2 Å². The van der Waals surface area contributed by atoms with Crippen LogP contribution in [0.2, 0.25) is 0 Å². The number of nitrogens with zero attached hydrogens (tertiary/aromatic N) is 2. The molecule has 1 aliphatic heterocycles. The molecule has 196 valence electrons. The summed E-state index contributed by atoms with van der Waals surface area (Å²) in [6.07, 6.45) is -3.23. The minimum Gasteiger partial charge on any atom is -0.449 e. The smallest absolute Gasteiger partial charge is 0.416 e. The molecule has 4 aromatic carbocycles. The van der Waals surface area contributed by atoms with Crippen LogP contribution in [0, 0.1) is 10.1 Å². The van der Waals surface area contributed by atoms with Gasteiger partial charge in [-0.25, -0.2) is 0 Å². The van der Waals surface area contributed by atoms with Crippen molar-refractivity contribution in [2.45, 2.75) is 6.18 Å². The predicted molar refractivity (Wildman–Crippen MR) is 152 cm³/mol. The summed E-state index contributed by atoms with van der Waals surface area (Å²) in [7, 11) is 0. The number of nitro groups is 1. The molecule has 0 unspecified atom stereocenters. The summed E-state index contributed by atoms with van der Waals surface area (Å²) < 4.78 is 46.0. The summed E-state index contributed by atoms with van der Waals surface area (Å²) in [5, 5.41) is 13.3. The second-order valence-corrected chi connectivity index (χ2v) is 10.8. The average molecular weight is 631 g/mol. The van der Waals surface area contributed by atoms with E-state index in [9.17, 15) is 28.1 Å². The summed E-state index contributed by atoms with van der Waals surface area (Å²) in [6, 6.07) is 19.9. The van der Waals surface area contributed by atoms with Gasteiger partial charge in [0.05, 0.1) is 21.1 Å². The average Bonchev–Trinajstić information content (AvgIpc) is 3.16. The van der Waals surface area contributed by atoms with Crippen LogP contribution >= 0.6 is 39.9 Å². The second-order valence-electron chi connectivity index (χ2n) is 8.24. The van der Waals surface area contributed by atoms with Gasteiger partial charge in [-0.1, -0.05) is 76.3 Å². The zero-order chi connectivity index (χ0) is 27.9. The number of hydrogen-bond donors (Lipinski definition) is 0. The Morgan fingerprint density at radius 3 is 2.46 bits per heavy atom. The lowest BCUT2D eigenvalue weighted by Crippen LogP contribution is -2.27. The van der Waals surface area contributed by atoms with Gasteiger partial charge in [0.15, 0.2) is 4.32 Å². The molecule has 0 N–H and O–H groups in total. The third-order valence-corrected chi connectivity index (χ3v) is 7.56. The van der Waals surface area contributed by atoms with Gasteiger partial charge < -0.3 is 4.74 Å². The van der Waals surface area contributed by atoms with E-state index in [4.69, 9.17) is 17.0 Å². The Morgan fingerprint density at radius 2 is 1.72 bits per heavy atom. The maximum Gasteiger partial charge on any atom is 0.416 e. The van der Waals surface area contributed by atoms with Gasteiger partial charge in [-0.2, -0.15) is 13.2 Å². The van der Waals surface area contributed by atoms with Crippen LogP contribution in [0.1, 0.15) is 11.1 Å². The van der Waals surface area contributed by atoms with Crippen LogP contribution in [0.4, 0.5) is 24.5 Å². The molecule has 1 fully saturated rings. The minimum atomic E-state index is -4.76. The van der Waals surface area contributed by atoms with Crippen molar-refractivity contribution in [3.63, 3.8) is 0 Å². The fraction of sp³-hybridized carbons (Fsp3) is 0.0370. The van der Waals surface area contributed by atoms with E-state index in [-0.39, 0.29) is 22.3 Å². The van der Waals surface area contributed by atoms with Crippen molar-refractivity contribution in [2.75, 3.05) is 4.90 Å². The number of amides is 1. The molecule has 0 aromatic heterocycles. The number of nitro benzene ring substituents is 1. The van der Waals surface area contributed by atoms with Crippen LogP contribution < -0.4 is 9.64 Å². The maximum absolute atomic E-state index is 13.5. The van der Waals surface area contributed by atoms with E-state index in [1.807, 2.05) is 36.4 Å². The number of thioether (sulfide) groups is 1. The number of anilines is 1. The minimum absolute atomic E-state index is 0.0940. The molecular formula is C27H14BrF3N2O4S2. The molecule has 0 bridgehead atoms. The molecule has 0 aliphatic carbocycles. The zero-order valence-corrected chi connectivity index (χ0v) is 22.7. The van der Waals surface area contributed by atoms with Gasteiger partial charge >= 0.3 is 11.9 Å². The summed E-state index contributed by atoms with van der Waals surface area (Å²) in [5.41, 5.74) is -1.03. The first kappa shape index (κ1) is 26.9. The summed E-state index contributed by atoms with van der Waals surface area (Å²) in [5.74, 6) is -0.655. The highest BCUT2D eigenvalue weighted by atomic mass is 79.9. The van der Waals surface area contributed by atoms with Crippen LogP contribution in [-0.4, -0.2) is 15.2 Å². The number of carbonyl (C=O) groups excluding carboxylic acids is 1. The number of halogens is 4. The monoisotopic (exact) mass is 630 g/mol. The Kier molecular flexibility index (Phi) is 7.19. The third-order valence-electron chi connectivity index (χ3n) is 5.76. The highest BCUT2D eigenvalue weighted by Gasteiger charge is 2.35. The van der Waals surface area contributed by atoms with Gasteiger partial charge in [0.2, 0.25) is 5.75 Å². The number of alkyl halides is 3. The van der Waals surface area contributed by atoms with Crippen LogP contribution in [0.25, 0.3) is 16.8 Å². The molecule has 1 amide bonds. The number of benzene rings is 4. The van der Waals surface area contributed by atoms with Crippen molar-refractivity contribution in [1.29, 1.82) is 0 Å². The first-order chi connectivity index (χ1) is 18.5. The van der Waals surface area contributed by atoms with Crippen molar-refractivity contribution in [3.05, 3.63) is 109 Å². The lowest BCUT2D eigenvalue weighted by molar-refractivity contribution is -0.385. The highest BCUT2D eigenvalue weighted by Crippen LogP contribution is 2.42. The Hall–Kier alpha value is -3.74. The SMILES string of the molecule is O=C1/C(=C/c2cc(Br)ccc2Oc2ccc(C(F)(F)F)cc2[N+](=O)[O-])SC(=S)N1c1cccc2ccccc12. The molecular weight excluding hydrogens is 617 g/mol. The van der Waals surface area contributed by atoms with Crippen molar-refractivity contribution in [2.24, 2.45) is 0 Å². The van der Waals surface area contributed by atoms with Gasteiger partial charge in [0.25, 0.3) is 5.91 Å². The fourth-order valence-electron chi connectivity index (χ4n) is 3.99. The van der Waals surface area contributed by atoms with Crippen molar-refractivity contribution >= 4 is 78.4 Å². The largest absolute Gasteiger partial charge is 0.449 e. The van der Waals surface area contributed by atoms with E-state index in [2.05, 4.69) is 15.9 Å². The summed E-state index contributed by atoms with van der Waals surface area (Å²) in [4.78, 5) is 25.8. The normalized spacial score (nSPS) is 14.9. The first-order valence-corrected chi connectivity index (χ1v) is 13.1. The lowest BCUT2D eigenvalue weighted by atomic mass is 10.1. The molecule has 5 rings (SSSR count). The van der Waals surface area contributed by atoms with Gasteiger partial charge in [-0.15, -0.1) is 0 Å². The van der Waals surface area contributed by atoms with Gasteiger partial charge in [0.1, 0.15) is 5.75 Å². The molecule has 4 aromatic rings. The number of thiocarbonyl (C=S) groups is 1. The Labute approximate surface area is 237 Å². The third kappa shape index (κ3) is 5.40. The van der Waals surface area contributed by atoms with E-state index in [1.165, 1.54) is 17.0 Å². The molecule has 0 spiro atoms. The van der Waals surface area contributed by atoms with Crippen LogP contribution in [0.3, 0.4) is 0 Å². The molecule has 1 aliphatic rings. The quantitative estimate of drug-likeness (QED) is 0.0950. The van der Waals surface area contributed by atoms with Gasteiger partial charge in [0, 0.05) is 21.5 Å². The van der Waals surface area contributed by atoms with Crippen molar-refractivity contribution in [1.82, 2.24) is 0 Å². The first-order valence-electron chi connectivity index (χ1n) is 11.1. The van der Waals surface area contributed by atoms with Crippen molar-refractivity contribution < 1.29 is 27.6 Å². The van der Waals surface area contributed by atoms with Gasteiger partial charge in [-0.3, -0.25) is 19.8 Å². The topological polar surface area (TPSA) is 72.7 Å². The number of rotatable bonds is 5. The van der Waals surface area contributed by atoms with E-state index in [1.54, 1.807) is 18.2 Å². The maximum atomic E-state index is 13.5. The standard InChI is InChI=1S/C27H14BrF3N2O4S2/c28-18-9-11-22(37-23-10-8-17(27(29,30)31)14-21(23)33(35)36)16(12-18)13-24-25(34)32(26(38)39-24)20-7-3-5-15-4-1-2-6-19(15)20/h1-14H/b24-13-. The van der Waals surface area contributed by atoms with Crippen LogP contribution in [0.15, 0.2) is 88.2 Å². The zero-order valence-electron chi connectivity index (χ0n) is 19.4. The Bertz CT molecular complexity index is 1700. The molecule has 0 radical (unpaired) electrons. The molecule has 1 heterocycles. The molecule has 39 heavy (non-hydrogen) atoms. The number of hydrogen-bond acceptors (Lipinski definition) is 6. The molecule has 6 nitrogen and oxygen atoms in total. The molecule has 0 saturated carbocycles.